The lowest BCUT2D eigenvalue weighted by Crippen LogP contribution is -2.19. The summed E-state index contributed by atoms with van der Waals surface area (Å²) in [4.78, 5) is 22.8. The number of H-pyrrole nitrogens is 1. The van der Waals surface area contributed by atoms with Crippen LogP contribution in [0, 0.1) is 0 Å². The zero-order valence-corrected chi connectivity index (χ0v) is 13.9. The van der Waals surface area contributed by atoms with Gasteiger partial charge in [-0.25, -0.2) is 23.4 Å². The molecule has 0 aliphatic carbocycles. The Balaban J connectivity index is 1.67. The van der Waals surface area contributed by atoms with E-state index in [4.69, 9.17) is 5.73 Å². The van der Waals surface area contributed by atoms with E-state index in [1.807, 2.05) is 12.1 Å². The molecule has 0 aliphatic heterocycles. The summed E-state index contributed by atoms with van der Waals surface area (Å²) >= 11 is 0. The Hall–Kier alpha value is -3.62. The fourth-order valence-electron chi connectivity index (χ4n) is 2.86. The standard InChI is InChI=1S/C18H14F2N6O/c19-15(20)11-3-1-2-10(6-11)14-7-12-4-5-13(24-17(12)25-14)8-26-18(16(21)27)22-9-23-26/h1-7,9,15H,8H2,(H2,21,27)(H,24,25). The molecule has 136 valence electrons. The number of nitrogens with two attached hydrogens (primary N) is 1. The molecule has 3 aromatic heterocycles. The third-order valence-corrected chi connectivity index (χ3v) is 4.13. The van der Waals surface area contributed by atoms with Crippen LogP contribution in [0.3, 0.4) is 0 Å². The van der Waals surface area contributed by atoms with Crippen molar-refractivity contribution in [3.8, 4) is 11.3 Å². The van der Waals surface area contributed by atoms with E-state index in [1.165, 1.54) is 23.1 Å². The molecule has 0 radical (unpaired) electrons. The lowest BCUT2D eigenvalue weighted by molar-refractivity contribution is 0.0985. The number of hydrogen-bond acceptors (Lipinski definition) is 4. The maximum atomic E-state index is 12.9. The molecule has 0 aliphatic rings. The molecule has 1 aromatic carbocycles. The SMILES string of the molecule is NC(=O)c1ncnn1Cc1ccc2cc(-c3cccc(C(F)F)c3)[nH]c2n1. The van der Waals surface area contributed by atoms with Gasteiger partial charge in [-0.05, 0) is 29.8 Å². The van der Waals surface area contributed by atoms with E-state index in [0.717, 1.165) is 5.39 Å². The van der Waals surface area contributed by atoms with Gasteiger partial charge in [-0.2, -0.15) is 5.10 Å². The maximum Gasteiger partial charge on any atom is 0.286 e. The fourth-order valence-corrected chi connectivity index (χ4v) is 2.86. The summed E-state index contributed by atoms with van der Waals surface area (Å²) in [5, 5.41) is 4.81. The summed E-state index contributed by atoms with van der Waals surface area (Å²) in [5.74, 6) is -0.623. The number of alkyl halides is 2. The van der Waals surface area contributed by atoms with Crippen LogP contribution in [0.2, 0.25) is 0 Å². The van der Waals surface area contributed by atoms with Crippen molar-refractivity contribution in [2.75, 3.05) is 0 Å². The third kappa shape index (κ3) is 3.26. The second-order valence-corrected chi connectivity index (χ2v) is 5.96. The zero-order valence-electron chi connectivity index (χ0n) is 13.9. The molecule has 4 rings (SSSR count). The van der Waals surface area contributed by atoms with E-state index in [1.54, 1.807) is 18.2 Å². The van der Waals surface area contributed by atoms with Crippen LogP contribution in [0.15, 0.2) is 48.8 Å². The van der Waals surface area contributed by atoms with Gasteiger partial charge < -0.3 is 10.7 Å². The van der Waals surface area contributed by atoms with Crippen LogP contribution >= 0.6 is 0 Å². The smallest absolute Gasteiger partial charge is 0.286 e. The first kappa shape index (κ1) is 16.8. The number of nitrogens with zero attached hydrogens (tertiary/aromatic N) is 4. The Labute approximate surface area is 151 Å². The number of hydrogen-bond donors (Lipinski definition) is 2. The number of fused-ring (bicyclic) bond motifs is 1. The molecule has 3 heterocycles. The topological polar surface area (TPSA) is 102 Å². The number of amides is 1. The van der Waals surface area contributed by atoms with Crippen molar-refractivity contribution in [1.29, 1.82) is 0 Å². The molecule has 7 nitrogen and oxygen atoms in total. The number of nitrogens with one attached hydrogen (secondary N) is 1. The van der Waals surface area contributed by atoms with Crippen molar-refractivity contribution >= 4 is 16.9 Å². The number of aromatic amines is 1. The number of pyridine rings is 1. The summed E-state index contributed by atoms with van der Waals surface area (Å²) in [6.07, 6.45) is -1.28. The minimum Gasteiger partial charge on any atom is -0.363 e. The van der Waals surface area contributed by atoms with E-state index in [-0.39, 0.29) is 17.9 Å². The van der Waals surface area contributed by atoms with Crippen molar-refractivity contribution in [2.24, 2.45) is 5.73 Å². The van der Waals surface area contributed by atoms with E-state index < -0.39 is 12.3 Å². The predicted octanol–water partition coefficient (Wildman–Crippen LogP) is 2.91. The Morgan fingerprint density at radius 2 is 2.07 bits per heavy atom. The summed E-state index contributed by atoms with van der Waals surface area (Å²) in [7, 11) is 0. The number of carbonyl (C=O) groups is 1. The first-order valence-electron chi connectivity index (χ1n) is 8.06. The van der Waals surface area contributed by atoms with Gasteiger partial charge in [-0.1, -0.05) is 18.2 Å². The van der Waals surface area contributed by atoms with E-state index in [9.17, 15) is 13.6 Å². The number of aromatic nitrogens is 5. The van der Waals surface area contributed by atoms with Crippen LogP contribution in [-0.2, 0) is 6.54 Å². The highest BCUT2D eigenvalue weighted by Crippen LogP contribution is 2.27. The first-order chi connectivity index (χ1) is 13.0. The average Bonchev–Trinajstić information content (AvgIpc) is 3.28. The van der Waals surface area contributed by atoms with Crippen molar-refractivity contribution < 1.29 is 13.6 Å². The van der Waals surface area contributed by atoms with Gasteiger partial charge in [-0.3, -0.25) is 4.79 Å². The Kier molecular flexibility index (Phi) is 4.11. The highest BCUT2D eigenvalue weighted by Gasteiger charge is 2.13. The van der Waals surface area contributed by atoms with E-state index in [0.29, 0.717) is 22.6 Å². The quantitative estimate of drug-likeness (QED) is 0.565. The number of carbonyl (C=O) groups excluding carboxylic acids is 1. The molecule has 0 unspecified atom stereocenters. The summed E-state index contributed by atoms with van der Waals surface area (Å²) < 4.78 is 27.2. The number of rotatable bonds is 5. The van der Waals surface area contributed by atoms with Crippen molar-refractivity contribution in [3.05, 3.63) is 65.9 Å². The number of benzene rings is 1. The van der Waals surface area contributed by atoms with Crippen LogP contribution < -0.4 is 5.73 Å². The fraction of sp³-hybridized carbons (Fsp3) is 0.111. The molecular formula is C18H14F2N6O. The summed E-state index contributed by atoms with van der Waals surface area (Å²) in [6.45, 7) is 0.226. The van der Waals surface area contributed by atoms with Gasteiger partial charge in [0.05, 0.1) is 12.2 Å². The minimum absolute atomic E-state index is 0.0371. The van der Waals surface area contributed by atoms with Crippen LogP contribution in [0.4, 0.5) is 8.78 Å². The van der Waals surface area contributed by atoms with E-state index >= 15 is 0 Å². The van der Waals surface area contributed by atoms with Crippen molar-refractivity contribution in [2.45, 2.75) is 13.0 Å². The number of primary amides is 1. The minimum atomic E-state index is -2.53. The molecule has 9 heteroatoms. The Morgan fingerprint density at radius 3 is 2.85 bits per heavy atom. The summed E-state index contributed by atoms with van der Waals surface area (Å²) in [6, 6.07) is 11.7. The molecule has 1 amide bonds. The first-order valence-corrected chi connectivity index (χ1v) is 8.06. The van der Waals surface area contributed by atoms with Crippen molar-refractivity contribution in [1.82, 2.24) is 24.7 Å². The molecular weight excluding hydrogens is 354 g/mol. The van der Waals surface area contributed by atoms with Crippen LogP contribution in [0.25, 0.3) is 22.3 Å². The normalized spacial score (nSPS) is 11.4. The highest BCUT2D eigenvalue weighted by atomic mass is 19.3. The second kappa shape index (κ2) is 6.60. The van der Waals surface area contributed by atoms with Gasteiger partial charge in [-0.15, -0.1) is 0 Å². The van der Waals surface area contributed by atoms with Gasteiger partial charge >= 0.3 is 0 Å². The lowest BCUT2D eigenvalue weighted by Gasteiger charge is -2.03. The Morgan fingerprint density at radius 1 is 1.22 bits per heavy atom. The molecule has 0 saturated carbocycles. The van der Waals surface area contributed by atoms with Crippen LogP contribution in [0.5, 0.6) is 0 Å². The lowest BCUT2D eigenvalue weighted by atomic mass is 10.1. The molecule has 0 spiro atoms. The molecule has 27 heavy (non-hydrogen) atoms. The van der Waals surface area contributed by atoms with Gasteiger partial charge in [0.2, 0.25) is 5.82 Å². The molecule has 3 N–H and O–H groups in total. The van der Waals surface area contributed by atoms with Gasteiger partial charge in [0.1, 0.15) is 12.0 Å². The predicted molar refractivity (Wildman–Crippen MR) is 94.1 cm³/mol. The van der Waals surface area contributed by atoms with Gasteiger partial charge in [0.25, 0.3) is 12.3 Å². The number of halogens is 2. The molecule has 0 fully saturated rings. The van der Waals surface area contributed by atoms with Crippen LogP contribution in [0.1, 0.15) is 28.3 Å². The molecule has 0 atom stereocenters. The monoisotopic (exact) mass is 368 g/mol. The van der Waals surface area contributed by atoms with Crippen molar-refractivity contribution in [3.63, 3.8) is 0 Å². The largest absolute Gasteiger partial charge is 0.363 e. The third-order valence-electron chi connectivity index (χ3n) is 4.13. The van der Waals surface area contributed by atoms with E-state index in [2.05, 4.69) is 20.1 Å². The maximum absolute atomic E-state index is 12.9. The second-order valence-electron chi connectivity index (χ2n) is 5.96. The Bertz CT molecular complexity index is 1130. The molecule has 0 bridgehead atoms. The molecule has 0 saturated heterocycles. The molecule has 4 aromatic rings. The van der Waals surface area contributed by atoms with Crippen LogP contribution in [-0.4, -0.2) is 30.6 Å². The highest BCUT2D eigenvalue weighted by molar-refractivity contribution is 5.89. The summed E-state index contributed by atoms with van der Waals surface area (Å²) in [5.41, 5.74) is 7.81. The van der Waals surface area contributed by atoms with Gasteiger partial charge in [0.15, 0.2) is 0 Å². The van der Waals surface area contributed by atoms with Gasteiger partial charge in [0, 0.05) is 16.6 Å². The average molecular weight is 368 g/mol. The zero-order chi connectivity index (χ0) is 19.0.